The first-order valence-electron chi connectivity index (χ1n) is 7.24. The number of nitrogens with two attached hydrogens (primary N) is 1. The zero-order valence-corrected chi connectivity index (χ0v) is 12.5. The van der Waals surface area contributed by atoms with Crippen molar-refractivity contribution in [3.05, 3.63) is 77.1 Å². The van der Waals surface area contributed by atoms with Gasteiger partial charge in [0.2, 0.25) is 0 Å². The fraction of sp³-hybridized carbons (Fsp3) is 0.167. The lowest BCUT2D eigenvalue weighted by Gasteiger charge is -2.17. The summed E-state index contributed by atoms with van der Waals surface area (Å²) in [6.07, 6.45) is 1.80. The van der Waals surface area contributed by atoms with E-state index in [0.29, 0.717) is 16.5 Å². The molecule has 0 spiro atoms. The predicted octanol–water partition coefficient (Wildman–Crippen LogP) is 3.61. The van der Waals surface area contributed by atoms with Crippen LogP contribution in [0.15, 0.2) is 48.8 Å². The number of benzene rings is 2. The van der Waals surface area contributed by atoms with E-state index in [9.17, 15) is 13.9 Å². The minimum atomic E-state index is -1.41. The lowest BCUT2D eigenvalue weighted by atomic mass is 9.94. The fourth-order valence-electron chi connectivity index (χ4n) is 2.67. The standard InChI is InChI=1S/C18H16F2N2O/c1-10(21)12-7-15(19)17(16(20)8-12)18(23)14-4-2-3-11-9-22-6-5-13(11)14/h2-10,18,23H,21H2,1H3/t10-,18?/m1/s1. The summed E-state index contributed by atoms with van der Waals surface area (Å²) >= 11 is 0. The Labute approximate surface area is 132 Å². The highest BCUT2D eigenvalue weighted by Gasteiger charge is 2.22. The third-order valence-corrected chi connectivity index (χ3v) is 3.91. The number of hydrogen-bond acceptors (Lipinski definition) is 3. The largest absolute Gasteiger partial charge is 0.383 e. The van der Waals surface area contributed by atoms with Crippen molar-refractivity contribution < 1.29 is 13.9 Å². The molecule has 2 atom stereocenters. The molecule has 3 aromatic rings. The van der Waals surface area contributed by atoms with Crippen molar-refractivity contribution in [2.24, 2.45) is 5.73 Å². The Balaban J connectivity index is 2.15. The highest BCUT2D eigenvalue weighted by molar-refractivity contribution is 5.85. The molecule has 2 aromatic carbocycles. The zero-order chi connectivity index (χ0) is 16.6. The molecule has 1 unspecified atom stereocenters. The summed E-state index contributed by atoms with van der Waals surface area (Å²) in [4.78, 5) is 4.01. The van der Waals surface area contributed by atoms with Gasteiger partial charge < -0.3 is 10.8 Å². The summed E-state index contributed by atoms with van der Waals surface area (Å²) in [6, 6.07) is 8.73. The lowest BCUT2D eigenvalue weighted by Crippen LogP contribution is -2.11. The molecule has 0 bridgehead atoms. The molecule has 0 aliphatic rings. The van der Waals surface area contributed by atoms with Crippen LogP contribution in [-0.2, 0) is 0 Å². The first-order valence-corrected chi connectivity index (χ1v) is 7.24. The number of fused-ring (bicyclic) bond motifs is 1. The van der Waals surface area contributed by atoms with E-state index in [-0.39, 0.29) is 5.56 Å². The molecule has 118 valence electrons. The molecule has 0 aliphatic carbocycles. The topological polar surface area (TPSA) is 59.1 Å². The van der Waals surface area contributed by atoms with Crippen molar-refractivity contribution in [1.29, 1.82) is 0 Å². The normalized spacial score (nSPS) is 14.0. The van der Waals surface area contributed by atoms with Crippen molar-refractivity contribution in [3.8, 4) is 0 Å². The third-order valence-electron chi connectivity index (χ3n) is 3.91. The molecule has 3 N–H and O–H groups in total. The highest BCUT2D eigenvalue weighted by atomic mass is 19.1. The number of aliphatic hydroxyl groups is 1. The second kappa shape index (κ2) is 6.02. The number of halogens is 2. The molecule has 0 radical (unpaired) electrons. The number of rotatable bonds is 3. The molecule has 5 heteroatoms. The van der Waals surface area contributed by atoms with E-state index in [1.807, 2.05) is 6.07 Å². The van der Waals surface area contributed by atoms with Gasteiger partial charge in [-0.05, 0) is 41.6 Å². The second-order valence-corrected chi connectivity index (χ2v) is 5.53. The summed E-state index contributed by atoms with van der Waals surface area (Å²) in [5, 5.41) is 12.0. The van der Waals surface area contributed by atoms with E-state index in [1.165, 1.54) is 12.1 Å². The molecule has 0 fully saturated rings. The Hall–Kier alpha value is -2.37. The highest BCUT2D eigenvalue weighted by Crippen LogP contribution is 2.32. The van der Waals surface area contributed by atoms with Crippen molar-refractivity contribution >= 4 is 10.8 Å². The predicted molar refractivity (Wildman–Crippen MR) is 84.8 cm³/mol. The minimum absolute atomic E-state index is 0.345. The first kappa shape index (κ1) is 15.5. The molecule has 23 heavy (non-hydrogen) atoms. The van der Waals surface area contributed by atoms with Crippen LogP contribution in [0.1, 0.15) is 35.8 Å². The minimum Gasteiger partial charge on any atom is -0.383 e. The van der Waals surface area contributed by atoms with Crippen LogP contribution in [0, 0.1) is 11.6 Å². The van der Waals surface area contributed by atoms with Crippen LogP contribution in [0.5, 0.6) is 0 Å². The van der Waals surface area contributed by atoms with E-state index in [0.717, 1.165) is 5.39 Å². The van der Waals surface area contributed by atoms with E-state index < -0.39 is 23.8 Å². The second-order valence-electron chi connectivity index (χ2n) is 5.53. The summed E-state index contributed by atoms with van der Waals surface area (Å²) in [5.41, 5.74) is 6.06. The van der Waals surface area contributed by atoms with Gasteiger partial charge in [0, 0.05) is 23.8 Å². The van der Waals surface area contributed by atoms with E-state index in [2.05, 4.69) is 4.98 Å². The molecule has 0 amide bonds. The lowest BCUT2D eigenvalue weighted by molar-refractivity contribution is 0.210. The van der Waals surface area contributed by atoms with Gasteiger partial charge in [0.05, 0.1) is 5.56 Å². The van der Waals surface area contributed by atoms with E-state index in [4.69, 9.17) is 5.73 Å². The van der Waals surface area contributed by atoms with Crippen molar-refractivity contribution in [2.75, 3.05) is 0 Å². The molecule has 0 aliphatic heterocycles. The van der Waals surface area contributed by atoms with Crippen LogP contribution in [0.4, 0.5) is 8.78 Å². The molecule has 3 rings (SSSR count). The monoisotopic (exact) mass is 314 g/mol. The Morgan fingerprint density at radius 1 is 1.13 bits per heavy atom. The quantitative estimate of drug-likeness (QED) is 0.776. The van der Waals surface area contributed by atoms with Gasteiger partial charge in [0.1, 0.15) is 17.7 Å². The fourth-order valence-corrected chi connectivity index (χ4v) is 2.67. The van der Waals surface area contributed by atoms with Gasteiger partial charge in [0.15, 0.2) is 0 Å². The molecule has 0 saturated heterocycles. The van der Waals surface area contributed by atoms with Gasteiger partial charge in [-0.3, -0.25) is 4.98 Å². The Bertz CT molecular complexity index is 836. The number of aliphatic hydroxyl groups excluding tert-OH is 1. The van der Waals surface area contributed by atoms with Gasteiger partial charge in [-0.2, -0.15) is 0 Å². The van der Waals surface area contributed by atoms with Gasteiger partial charge in [-0.15, -0.1) is 0 Å². The number of pyridine rings is 1. The van der Waals surface area contributed by atoms with Crippen LogP contribution >= 0.6 is 0 Å². The maximum absolute atomic E-state index is 14.3. The number of nitrogens with zero attached hydrogens (tertiary/aromatic N) is 1. The van der Waals surface area contributed by atoms with Gasteiger partial charge in [-0.25, -0.2) is 8.78 Å². The van der Waals surface area contributed by atoms with Crippen molar-refractivity contribution in [3.63, 3.8) is 0 Å². The smallest absolute Gasteiger partial charge is 0.132 e. The molecule has 1 heterocycles. The van der Waals surface area contributed by atoms with Gasteiger partial charge >= 0.3 is 0 Å². The van der Waals surface area contributed by atoms with Gasteiger partial charge in [0.25, 0.3) is 0 Å². The van der Waals surface area contributed by atoms with Crippen LogP contribution in [0.2, 0.25) is 0 Å². The molecule has 3 nitrogen and oxygen atoms in total. The number of hydrogen-bond donors (Lipinski definition) is 2. The van der Waals surface area contributed by atoms with Crippen LogP contribution in [0.3, 0.4) is 0 Å². The number of aromatic nitrogens is 1. The van der Waals surface area contributed by atoms with E-state index in [1.54, 1.807) is 37.5 Å². The van der Waals surface area contributed by atoms with Crippen LogP contribution < -0.4 is 5.73 Å². The summed E-state index contributed by atoms with van der Waals surface area (Å²) < 4.78 is 28.7. The van der Waals surface area contributed by atoms with Crippen molar-refractivity contribution in [1.82, 2.24) is 4.98 Å². The Morgan fingerprint density at radius 2 is 1.83 bits per heavy atom. The van der Waals surface area contributed by atoms with Crippen LogP contribution in [0.25, 0.3) is 10.8 Å². The summed E-state index contributed by atoms with van der Waals surface area (Å²) in [6.45, 7) is 1.64. The maximum Gasteiger partial charge on any atom is 0.132 e. The molecular weight excluding hydrogens is 298 g/mol. The Morgan fingerprint density at radius 3 is 2.48 bits per heavy atom. The SMILES string of the molecule is C[C@@H](N)c1cc(F)c(C(O)c2cccc3cnccc23)c(F)c1. The zero-order valence-electron chi connectivity index (χ0n) is 12.5. The first-order chi connectivity index (χ1) is 11.0. The summed E-state index contributed by atoms with van der Waals surface area (Å²) in [7, 11) is 0. The molecular formula is C18H16F2N2O. The van der Waals surface area contributed by atoms with Gasteiger partial charge in [-0.1, -0.05) is 18.2 Å². The average Bonchev–Trinajstić information content (AvgIpc) is 2.53. The van der Waals surface area contributed by atoms with Crippen molar-refractivity contribution in [2.45, 2.75) is 19.1 Å². The van der Waals surface area contributed by atoms with E-state index >= 15 is 0 Å². The molecule has 0 saturated carbocycles. The maximum atomic E-state index is 14.3. The summed E-state index contributed by atoms with van der Waals surface area (Å²) in [5.74, 6) is -1.62. The Kier molecular flexibility index (Phi) is 4.07. The van der Waals surface area contributed by atoms with Crippen LogP contribution in [-0.4, -0.2) is 10.1 Å². The molecule has 1 aromatic heterocycles. The third kappa shape index (κ3) is 2.81. The average molecular weight is 314 g/mol.